The van der Waals surface area contributed by atoms with Gasteiger partial charge in [0, 0.05) is 0 Å². The number of rotatable bonds is 6. The summed E-state index contributed by atoms with van der Waals surface area (Å²) >= 11 is -3.33. The molecule has 3 aliphatic rings. The van der Waals surface area contributed by atoms with Crippen molar-refractivity contribution in [2.45, 2.75) is 147 Å². The molecule has 0 spiro atoms. The van der Waals surface area contributed by atoms with Crippen LogP contribution in [0.1, 0.15) is 71.1 Å². The van der Waals surface area contributed by atoms with E-state index in [0.717, 1.165) is 0 Å². The summed E-state index contributed by atoms with van der Waals surface area (Å²) in [6.45, 7) is 46.2. The van der Waals surface area contributed by atoms with Crippen molar-refractivity contribution in [2.75, 3.05) is 0 Å². The molecule has 1 fully saturated rings. The molecule has 4 aromatic rings. The molecule has 2 atom stereocenters. The molecule has 0 radical (unpaired) electrons. The van der Waals surface area contributed by atoms with Crippen LogP contribution in [0.5, 0.6) is 0 Å². The van der Waals surface area contributed by atoms with Crippen LogP contribution in [-0.2, 0) is 20.0 Å². The number of benzene rings is 4. The van der Waals surface area contributed by atoms with Crippen molar-refractivity contribution >= 4 is 73.3 Å². The van der Waals surface area contributed by atoms with Gasteiger partial charge in [0.1, 0.15) is 0 Å². The normalized spacial score (nSPS) is 20.2. The van der Waals surface area contributed by atoms with E-state index in [1.807, 2.05) is 10.4 Å². The molecule has 7 rings (SSSR count). The Hall–Kier alpha value is -1.69. The molecular weight excluding hydrogens is 943 g/mol. The van der Waals surface area contributed by atoms with Crippen molar-refractivity contribution in [1.82, 2.24) is 0 Å². The molecule has 2 unspecified atom stereocenters. The molecule has 308 valence electrons. The van der Waals surface area contributed by atoms with Crippen molar-refractivity contribution in [3.8, 4) is 22.3 Å². The van der Waals surface area contributed by atoms with E-state index in [1.54, 1.807) is 43.0 Å². The van der Waals surface area contributed by atoms with Gasteiger partial charge in [0.2, 0.25) is 0 Å². The zero-order valence-corrected chi connectivity index (χ0v) is 48.8. The zero-order chi connectivity index (χ0) is 43.1. The SMILES string of the molecule is CC(C)(C)[Si]1(C(C)(C)C)C2=Cc3c(-c4cc([Si](C)(C)C)cc([Si](C)(C)C)c4)cccc3[CH]2[Hf]([CH3])([CH3])[CH]2C1=Cc1c(-c3cc([Si](C)(C)C)cc([Si](C)(C)C)c3)cccc12. The number of allylic oxidation sites excluding steroid dienone is 2. The fraction of sp³-hybridized carbons (Fsp3) is 0.462. The Morgan fingerprint density at radius 2 is 0.741 bits per heavy atom. The summed E-state index contributed by atoms with van der Waals surface area (Å²) in [7, 11) is -8.61. The Morgan fingerprint density at radius 3 is 1.00 bits per heavy atom. The Labute approximate surface area is 364 Å². The molecule has 58 heavy (non-hydrogen) atoms. The first-order valence-corrected chi connectivity index (χ1v) is 49.7. The number of fused-ring (bicyclic) bond motifs is 6. The van der Waals surface area contributed by atoms with Gasteiger partial charge >= 0.3 is 368 Å². The Bertz CT molecular complexity index is 2160. The maximum absolute atomic E-state index is 3.33. The van der Waals surface area contributed by atoms with Gasteiger partial charge in [-0.05, 0) is 0 Å². The molecule has 4 aromatic carbocycles. The molecule has 1 heterocycles. The summed E-state index contributed by atoms with van der Waals surface area (Å²) in [5.74, 6) is 0. The minimum atomic E-state index is -3.33. The van der Waals surface area contributed by atoms with Crippen molar-refractivity contribution in [1.29, 1.82) is 0 Å². The topological polar surface area (TPSA) is 0 Å². The third-order valence-corrected chi connectivity index (χ3v) is 47.1. The summed E-state index contributed by atoms with van der Waals surface area (Å²) in [5, 5.41) is 10.5. The van der Waals surface area contributed by atoms with Gasteiger partial charge in [0.15, 0.2) is 0 Å². The van der Waals surface area contributed by atoms with Crippen molar-refractivity contribution < 1.29 is 20.0 Å². The summed E-state index contributed by atoms with van der Waals surface area (Å²) in [5.41, 5.74) is 12.4. The first-order valence-electron chi connectivity index (χ1n) is 22.3. The Kier molecular flexibility index (Phi) is 10.6. The van der Waals surface area contributed by atoms with Gasteiger partial charge in [-0.15, -0.1) is 0 Å². The van der Waals surface area contributed by atoms with Crippen LogP contribution in [0.4, 0.5) is 0 Å². The van der Waals surface area contributed by atoms with E-state index < -0.39 is 60.3 Å². The fourth-order valence-corrected chi connectivity index (χ4v) is 50.9. The van der Waals surface area contributed by atoms with Crippen molar-refractivity contribution in [3.05, 3.63) is 105 Å². The van der Waals surface area contributed by atoms with Crippen LogP contribution < -0.4 is 20.7 Å². The Balaban J connectivity index is 1.54. The van der Waals surface area contributed by atoms with Gasteiger partial charge in [0.25, 0.3) is 0 Å². The first-order chi connectivity index (χ1) is 26.3. The fourth-order valence-electron chi connectivity index (χ4n) is 12.0. The second-order valence-electron chi connectivity index (χ2n) is 25.4. The minimum absolute atomic E-state index is 0.139. The third-order valence-electron chi connectivity index (χ3n) is 14.7. The molecule has 6 heteroatoms. The molecule has 0 saturated carbocycles. The molecule has 0 nitrogen and oxygen atoms in total. The van der Waals surface area contributed by atoms with E-state index in [4.69, 9.17) is 0 Å². The summed E-state index contributed by atoms with van der Waals surface area (Å²) in [4.78, 5) is 0. The number of hydrogen-bond acceptors (Lipinski definition) is 0. The van der Waals surface area contributed by atoms with Gasteiger partial charge in [0.05, 0.1) is 0 Å². The molecule has 0 aromatic heterocycles. The van der Waals surface area contributed by atoms with Crippen LogP contribution in [0.15, 0.2) is 83.2 Å². The zero-order valence-electron chi connectivity index (χ0n) is 40.2. The van der Waals surface area contributed by atoms with Gasteiger partial charge < -0.3 is 0 Å². The van der Waals surface area contributed by atoms with Gasteiger partial charge in [-0.2, -0.15) is 0 Å². The van der Waals surface area contributed by atoms with Crippen LogP contribution in [0.3, 0.4) is 0 Å². The molecular formula is C52H76HfSi5. The summed E-state index contributed by atoms with van der Waals surface area (Å²) in [6, 6.07) is 30.7. The standard InChI is InChI=1S/C50H70Si5.2CH3.Hf/c1-49(2,3)55(50(4,5)6,43-25-35-21-19-23-45(47(35)33-43)37-27-39(51(7,8)9)31-40(28-37)52(10,11)12)44-26-36-22-20-24-46(48(36)34-44)38-29-41(53(13,14)15)32-42(30-38)54(16,17)18;;;/h19-34H,1-18H3;2*1H3;. The predicted octanol–water partition coefficient (Wildman–Crippen LogP) is 14.2. The average molecular weight is 1020 g/mol. The van der Waals surface area contributed by atoms with E-state index in [-0.39, 0.29) is 10.1 Å². The summed E-state index contributed by atoms with van der Waals surface area (Å²) < 4.78 is 6.91. The van der Waals surface area contributed by atoms with Crippen LogP contribution in [0.25, 0.3) is 34.4 Å². The van der Waals surface area contributed by atoms with Crippen molar-refractivity contribution in [3.63, 3.8) is 0 Å². The van der Waals surface area contributed by atoms with Gasteiger partial charge in [-0.25, -0.2) is 0 Å². The van der Waals surface area contributed by atoms with Crippen LogP contribution in [0.2, 0.25) is 98.0 Å². The van der Waals surface area contributed by atoms with E-state index in [0.29, 0.717) is 7.35 Å². The van der Waals surface area contributed by atoms with Crippen molar-refractivity contribution in [2.24, 2.45) is 0 Å². The molecule has 0 amide bonds. The molecule has 2 aliphatic carbocycles. The molecule has 1 saturated heterocycles. The van der Waals surface area contributed by atoms with Crippen LogP contribution in [0, 0.1) is 0 Å². The van der Waals surface area contributed by atoms with Crippen LogP contribution >= 0.6 is 0 Å². The van der Waals surface area contributed by atoms with Crippen LogP contribution in [-0.4, -0.2) is 40.4 Å². The second-order valence-corrected chi connectivity index (χ2v) is 68.6. The predicted molar refractivity (Wildman–Crippen MR) is 274 cm³/mol. The molecule has 0 N–H and O–H groups in total. The molecule has 1 aliphatic heterocycles. The van der Waals surface area contributed by atoms with E-state index in [2.05, 4.69) is 214 Å². The Morgan fingerprint density at radius 1 is 0.448 bits per heavy atom. The average Bonchev–Trinajstić information content (AvgIpc) is 3.66. The van der Waals surface area contributed by atoms with E-state index in [9.17, 15) is 0 Å². The summed E-state index contributed by atoms with van der Waals surface area (Å²) in [6.07, 6.45) is 5.71. The quantitative estimate of drug-likeness (QED) is 0.169. The number of hydrogen-bond donors (Lipinski definition) is 0. The van der Waals surface area contributed by atoms with Gasteiger partial charge in [-0.1, -0.05) is 0 Å². The second kappa shape index (κ2) is 13.9. The van der Waals surface area contributed by atoms with E-state index in [1.165, 1.54) is 22.3 Å². The molecule has 0 bridgehead atoms. The monoisotopic (exact) mass is 1020 g/mol. The maximum atomic E-state index is 2.86. The van der Waals surface area contributed by atoms with Gasteiger partial charge in [-0.3, -0.25) is 0 Å². The first kappa shape index (κ1) is 44.4. The van der Waals surface area contributed by atoms with E-state index >= 15 is 0 Å². The third kappa shape index (κ3) is 7.02.